The first kappa shape index (κ1) is 9.03. The van der Waals surface area contributed by atoms with Crippen molar-refractivity contribution < 1.29 is 17.7 Å². The van der Waals surface area contributed by atoms with Gasteiger partial charge >= 0.3 is 11.4 Å². The van der Waals surface area contributed by atoms with Gasteiger partial charge in [0.2, 0.25) is 0 Å². The highest BCUT2D eigenvalue weighted by molar-refractivity contribution is 7.75. The van der Waals surface area contributed by atoms with Crippen LogP contribution in [-0.2, 0) is 19.7 Å². The minimum atomic E-state index is -1.68. The third kappa shape index (κ3) is 5.91. The predicted molar refractivity (Wildman–Crippen MR) is 32.8 cm³/mol. The number of aliphatic hydroxyl groups excluding tert-OH is 1. The van der Waals surface area contributed by atoms with E-state index in [4.69, 9.17) is 5.11 Å². The minimum Gasteiger partial charge on any atom is -0.394 e. The topological polar surface area (TPSA) is 55.8 Å². The van der Waals surface area contributed by atoms with Gasteiger partial charge in [0.25, 0.3) is 0 Å². The van der Waals surface area contributed by atoms with E-state index in [2.05, 4.69) is 8.37 Å². The molecule has 9 heavy (non-hydrogen) atoms. The Bertz CT molecular complexity index is 84.6. The largest absolute Gasteiger partial charge is 0.394 e. The van der Waals surface area contributed by atoms with E-state index in [0.29, 0.717) is 6.61 Å². The van der Waals surface area contributed by atoms with Gasteiger partial charge < -0.3 is 5.11 Å². The highest BCUT2D eigenvalue weighted by atomic mass is 32.2. The van der Waals surface area contributed by atoms with E-state index in [9.17, 15) is 4.21 Å². The average molecular weight is 154 g/mol. The van der Waals surface area contributed by atoms with Crippen LogP contribution in [0.5, 0.6) is 0 Å². The van der Waals surface area contributed by atoms with Crippen LogP contribution in [-0.4, -0.2) is 29.1 Å². The number of hydrogen-bond acceptors (Lipinski definition) is 4. The number of hydrogen-bond donors (Lipinski definition) is 1. The zero-order valence-corrected chi connectivity index (χ0v) is 6.02. The highest BCUT2D eigenvalue weighted by Gasteiger charge is 1.95. The summed E-state index contributed by atoms with van der Waals surface area (Å²) < 4.78 is 19.3. The molecule has 0 saturated heterocycles. The summed E-state index contributed by atoms with van der Waals surface area (Å²) in [6, 6.07) is 0. The van der Waals surface area contributed by atoms with Gasteiger partial charge in [0.1, 0.15) is 0 Å². The second kappa shape index (κ2) is 6.15. The molecule has 0 aromatic carbocycles. The average Bonchev–Trinajstić information content (AvgIpc) is 1.85. The third-order valence-electron chi connectivity index (χ3n) is 0.485. The molecule has 1 N–H and O–H groups in total. The Labute approximate surface area is 56.6 Å². The van der Waals surface area contributed by atoms with Gasteiger partial charge in [-0.1, -0.05) is 0 Å². The second-order valence-electron chi connectivity index (χ2n) is 1.16. The van der Waals surface area contributed by atoms with E-state index in [1.165, 1.54) is 0 Å². The molecule has 0 bridgehead atoms. The van der Waals surface area contributed by atoms with E-state index in [1.807, 2.05) is 0 Å². The van der Waals surface area contributed by atoms with E-state index < -0.39 is 11.4 Å². The van der Waals surface area contributed by atoms with Crippen LogP contribution in [0.1, 0.15) is 6.92 Å². The molecule has 5 heteroatoms. The molecule has 0 aromatic rings. The third-order valence-corrected chi connectivity index (χ3v) is 1.27. The molecular formula is C4H10O4S. The van der Waals surface area contributed by atoms with Crippen LogP contribution in [0.25, 0.3) is 0 Å². The van der Waals surface area contributed by atoms with Crippen molar-refractivity contribution in [3.63, 3.8) is 0 Å². The summed E-state index contributed by atoms with van der Waals surface area (Å²) in [7, 11) is 0. The summed E-state index contributed by atoms with van der Waals surface area (Å²) in [5.74, 6) is 0. The summed E-state index contributed by atoms with van der Waals surface area (Å²) in [5.41, 5.74) is 0. The first-order chi connectivity index (χ1) is 4.31. The van der Waals surface area contributed by atoms with Crippen molar-refractivity contribution in [2.45, 2.75) is 6.92 Å². The molecule has 0 rings (SSSR count). The summed E-state index contributed by atoms with van der Waals surface area (Å²) in [6.07, 6.45) is 0. The second-order valence-corrected chi connectivity index (χ2v) is 2.04. The van der Waals surface area contributed by atoms with Crippen molar-refractivity contribution >= 4 is 11.4 Å². The van der Waals surface area contributed by atoms with Crippen LogP contribution in [0.2, 0.25) is 0 Å². The van der Waals surface area contributed by atoms with Crippen LogP contribution >= 0.6 is 0 Å². The lowest BCUT2D eigenvalue weighted by molar-refractivity contribution is 0.190. The normalized spacial score (nSPS) is 13.6. The Morgan fingerprint density at radius 3 is 2.67 bits per heavy atom. The Balaban J connectivity index is 3.06. The van der Waals surface area contributed by atoms with E-state index in [-0.39, 0.29) is 13.2 Å². The van der Waals surface area contributed by atoms with Crippen molar-refractivity contribution in [3.8, 4) is 0 Å². The maximum absolute atomic E-state index is 10.4. The molecule has 1 unspecified atom stereocenters. The zero-order valence-electron chi connectivity index (χ0n) is 5.20. The van der Waals surface area contributed by atoms with Crippen LogP contribution < -0.4 is 0 Å². The predicted octanol–water partition coefficient (Wildman–Crippen LogP) is -0.390. The van der Waals surface area contributed by atoms with Gasteiger partial charge in [0.05, 0.1) is 19.8 Å². The zero-order chi connectivity index (χ0) is 7.11. The van der Waals surface area contributed by atoms with E-state index in [0.717, 1.165) is 0 Å². The van der Waals surface area contributed by atoms with Crippen molar-refractivity contribution in [2.75, 3.05) is 19.8 Å². The molecule has 0 amide bonds. The minimum absolute atomic E-state index is 0.0482. The fourth-order valence-electron chi connectivity index (χ4n) is 0.236. The molecular weight excluding hydrogens is 144 g/mol. The number of rotatable bonds is 5. The quantitative estimate of drug-likeness (QED) is 0.586. The lowest BCUT2D eigenvalue weighted by Crippen LogP contribution is -2.05. The van der Waals surface area contributed by atoms with Gasteiger partial charge in [-0.2, -0.15) is 4.21 Å². The summed E-state index contributed by atoms with van der Waals surface area (Å²) >= 11 is -1.68. The molecule has 0 aliphatic rings. The highest BCUT2D eigenvalue weighted by Crippen LogP contribution is 1.86. The van der Waals surface area contributed by atoms with Gasteiger partial charge in [-0.15, -0.1) is 0 Å². The van der Waals surface area contributed by atoms with Gasteiger partial charge in [0.15, 0.2) is 0 Å². The SMILES string of the molecule is CCOS(=O)OCCO. The van der Waals surface area contributed by atoms with Crippen LogP contribution in [0.15, 0.2) is 0 Å². The molecule has 0 aromatic heterocycles. The molecule has 0 saturated carbocycles. The molecule has 0 spiro atoms. The lowest BCUT2D eigenvalue weighted by atomic mass is 10.8. The molecule has 0 aliphatic heterocycles. The fourth-order valence-corrected chi connectivity index (χ4v) is 0.707. The van der Waals surface area contributed by atoms with Gasteiger partial charge in [-0.3, -0.25) is 8.37 Å². The van der Waals surface area contributed by atoms with Crippen LogP contribution in [0.3, 0.4) is 0 Å². The molecule has 0 aliphatic carbocycles. The maximum atomic E-state index is 10.4. The van der Waals surface area contributed by atoms with Crippen LogP contribution in [0.4, 0.5) is 0 Å². The maximum Gasteiger partial charge on any atom is 0.304 e. The summed E-state index contributed by atoms with van der Waals surface area (Å²) in [5, 5.41) is 8.17. The standard InChI is InChI=1S/C4H10O4S/c1-2-7-9(6)8-4-3-5/h5H,2-4H2,1H3. The van der Waals surface area contributed by atoms with E-state index >= 15 is 0 Å². The van der Waals surface area contributed by atoms with Crippen molar-refractivity contribution in [1.82, 2.24) is 0 Å². The van der Waals surface area contributed by atoms with Gasteiger partial charge in [-0.05, 0) is 6.92 Å². The van der Waals surface area contributed by atoms with Crippen molar-refractivity contribution in [2.24, 2.45) is 0 Å². The molecule has 0 heterocycles. The molecule has 56 valence electrons. The summed E-state index contributed by atoms with van der Waals surface area (Å²) in [6.45, 7) is 1.96. The Morgan fingerprint density at radius 2 is 2.22 bits per heavy atom. The lowest BCUT2D eigenvalue weighted by Gasteiger charge is -1.97. The molecule has 0 radical (unpaired) electrons. The van der Waals surface area contributed by atoms with Crippen molar-refractivity contribution in [3.05, 3.63) is 0 Å². The van der Waals surface area contributed by atoms with E-state index in [1.54, 1.807) is 6.92 Å². The first-order valence-corrected chi connectivity index (χ1v) is 3.60. The molecule has 0 fully saturated rings. The molecule has 1 atom stereocenters. The number of aliphatic hydroxyl groups is 1. The van der Waals surface area contributed by atoms with Crippen molar-refractivity contribution in [1.29, 1.82) is 0 Å². The smallest absolute Gasteiger partial charge is 0.304 e. The summed E-state index contributed by atoms with van der Waals surface area (Å²) in [4.78, 5) is 0. The first-order valence-electron chi connectivity index (χ1n) is 2.60. The monoisotopic (exact) mass is 154 g/mol. The van der Waals surface area contributed by atoms with Gasteiger partial charge in [-0.25, -0.2) is 0 Å². The Morgan fingerprint density at radius 1 is 1.56 bits per heavy atom. The van der Waals surface area contributed by atoms with Crippen LogP contribution in [0, 0.1) is 0 Å². The van der Waals surface area contributed by atoms with Gasteiger partial charge in [0, 0.05) is 0 Å². The fraction of sp³-hybridized carbons (Fsp3) is 1.00. The Hall–Kier alpha value is 0.0300. The molecule has 4 nitrogen and oxygen atoms in total. The Kier molecular flexibility index (Phi) is 6.18.